The maximum absolute atomic E-state index is 5.80. The van der Waals surface area contributed by atoms with Crippen molar-refractivity contribution >= 4 is 5.95 Å². The van der Waals surface area contributed by atoms with E-state index in [1.165, 1.54) is 0 Å². The van der Waals surface area contributed by atoms with E-state index in [0.29, 0.717) is 23.1 Å². The van der Waals surface area contributed by atoms with Crippen molar-refractivity contribution in [1.82, 2.24) is 24.9 Å². The topological polar surface area (TPSA) is 89.6 Å². The summed E-state index contributed by atoms with van der Waals surface area (Å²) in [6.45, 7) is 3.91. The molecular formula is C20H18N6O. The molecule has 4 heterocycles. The molecule has 4 aromatic rings. The number of aryl methyl sites for hydroxylation is 1. The quantitative estimate of drug-likeness (QED) is 0.575. The minimum atomic E-state index is -0.0419. The molecule has 1 unspecified atom stereocenters. The first-order valence-electron chi connectivity index (χ1n) is 8.58. The summed E-state index contributed by atoms with van der Waals surface area (Å²) in [4.78, 5) is 22.0. The van der Waals surface area contributed by atoms with Gasteiger partial charge in [0.1, 0.15) is 11.5 Å². The molecule has 0 aliphatic rings. The van der Waals surface area contributed by atoms with E-state index < -0.39 is 0 Å². The fourth-order valence-electron chi connectivity index (χ4n) is 2.73. The monoisotopic (exact) mass is 358 g/mol. The van der Waals surface area contributed by atoms with Gasteiger partial charge >= 0.3 is 0 Å². The fraction of sp³-hybridized carbons (Fsp3) is 0.150. The number of hydrogen-bond donors (Lipinski definition) is 1. The zero-order valence-corrected chi connectivity index (χ0v) is 15.0. The minimum absolute atomic E-state index is 0.0419. The number of aromatic nitrogens is 5. The van der Waals surface area contributed by atoms with Crippen LogP contribution in [0.3, 0.4) is 0 Å². The van der Waals surface area contributed by atoms with E-state index in [1.54, 1.807) is 31.0 Å². The number of anilines is 1. The number of nitrogens with zero attached hydrogens (tertiary/aromatic N) is 5. The molecule has 0 aromatic carbocycles. The molecule has 4 aromatic heterocycles. The zero-order chi connectivity index (χ0) is 18.6. The van der Waals surface area contributed by atoms with Crippen molar-refractivity contribution in [1.29, 1.82) is 0 Å². The van der Waals surface area contributed by atoms with Gasteiger partial charge in [-0.1, -0.05) is 6.07 Å². The predicted molar refractivity (Wildman–Crippen MR) is 102 cm³/mol. The lowest BCUT2D eigenvalue weighted by atomic mass is 10.1. The molecule has 0 bridgehead atoms. The zero-order valence-electron chi connectivity index (χ0n) is 15.0. The maximum atomic E-state index is 5.80. The second-order valence-corrected chi connectivity index (χ2v) is 6.08. The summed E-state index contributed by atoms with van der Waals surface area (Å²) in [6, 6.07) is 9.56. The van der Waals surface area contributed by atoms with E-state index in [9.17, 15) is 0 Å². The molecule has 0 saturated heterocycles. The highest BCUT2D eigenvalue weighted by Gasteiger charge is 2.17. The molecule has 1 N–H and O–H groups in total. The number of rotatable bonds is 5. The first kappa shape index (κ1) is 16.8. The van der Waals surface area contributed by atoms with Crippen LogP contribution in [-0.4, -0.2) is 24.9 Å². The summed E-state index contributed by atoms with van der Waals surface area (Å²) in [5.41, 5.74) is 3.02. The molecule has 0 amide bonds. The van der Waals surface area contributed by atoms with Crippen LogP contribution in [-0.2, 0) is 0 Å². The lowest BCUT2D eigenvalue weighted by molar-refractivity contribution is 0.546. The van der Waals surface area contributed by atoms with Crippen LogP contribution in [0.5, 0.6) is 0 Å². The maximum Gasteiger partial charge on any atom is 0.223 e. The van der Waals surface area contributed by atoms with Crippen molar-refractivity contribution in [2.45, 2.75) is 19.9 Å². The van der Waals surface area contributed by atoms with Gasteiger partial charge in [-0.05, 0) is 38.1 Å². The Morgan fingerprint density at radius 3 is 2.59 bits per heavy atom. The van der Waals surface area contributed by atoms with E-state index >= 15 is 0 Å². The number of pyridine rings is 1. The van der Waals surface area contributed by atoms with E-state index in [2.05, 4.69) is 30.2 Å². The Kier molecular flexibility index (Phi) is 4.57. The van der Waals surface area contributed by atoms with Crippen molar-refractivity contribution in [3.63, 3.8) is 0 Å². The minimum Gasteiger partial charge on any atom is -0.460 e. The van der Waals surface area contributed by atoms with Crippen LogP contribution in [0.1, 0.15) is 24.4 Å². The normalized spacial score (nSPS) is 11.9. The second kappa shape index (κ2) is 7.33. The first-order valence-corrected chi connectivity index (χ1v) is 8.58. The van der Waals surface area contributed by atoms with Gasteiger partial charge in [-0.2, -0.15) is 0 Å². The Hall–Kier alpha value is -3.61. The van der Waals surface area contributed by atoms with Crippen molar-refractivity contribution in [2.75, 3.05) is 5.32 Å². The molecule has 0 fully saturated rings. The molecule has 0 radical (unpaired) electrons. The third-order valence-electron chi connectivity index (χ3n) is 4.08. The fourth-order valence-corrected chi connectivity index (χ4v) is 2.73. The van der Waals surface area contributed by atoms with Crippen LogP contribution in [0.2, 0.25) is 0 Å². The van der Waals surface area contributed by atoms with Crippen LogP contribution in [0, 0.1) is 6.92 Å². The summed E-state index contributed by atoms with van der Waals surface area (Å²) < 4.78 is 5.80. The van der Waals surface area contributed by atoms with Gasteiger partial charge < -0.3 is 9.73 Å². The van der Waals surface area contributed by atoms with E-state index in [-0.39, 0.29) is 6.04 Å². The SMILES string of the molecule is Cc1ccc(-c2nc(NC(C)c3ccccn3)ncc2-c2cnccn2)o1. The first-order chi connectivity index (χ1) is 13.2. The number of hydrogen-bond acceptors (Lipinski definition) is 7. The van der Waals surface area contributed by atoms with Crippen LogP contribution < -0.4 is 5.32 Å². The number of nitrogens with one attached hydrogen (secondary N) is 1. The molecular weight excluding hydrogens is 340 g/mol. The summed E-state index contributed by atoms with van der Waals surface area (Å²) in [7, 11) is 0. The van der Waals surface area contributed by atoms with Gasteiger partial charge in [-0.25, -0.2) is 9.97 Å². The lowest BCUT2D eigenvalue weighted by Gasteiger charge is -2.14. The summed E-state index contributed by atoms with van der Waals surface area (Å²) >= 11 is 0. The summed E-state index contributed by atoms with van der Waals surface area (Å²) in [5, 5.41) is 3.29. The van der Waals surface area contributed by atoms with E-state index in [0.717, 1.165) is 17.0 Å². The van der Waals surface area contributed by atoms with Crippen molar-refractivity contribution in [3.8, 4) is 22.7 Å². The van der Waals surface area contributed by atoms with Crippen molar-refractivity contribution in [2.24, 2.45) is 0 Å². The van der Waals surface area contributed by atoms with Gasteiger partial charge in [0.2, 0.25) is 5.95 Å². The molecule has 7 heteroatoms. The highest BCUT2D eigenvalue weighted by atomic mass is 16.3. The standard InChI is InChI=1S/C20H18N6O/c1-13-6-7-18(27-13)19-15(17-12-21-9-10-23-17)11-24-20(26-19)25-14(2)16-5-3-4-8-22-16/h3-12,14H,1-2H3,(H,24,25,26). The third kappa shape index (κ3) is 3.67. The summed E-state index contributed by atoms with van der Waals surface area (Å²) in [6.07, 6.45) is 8.45. The highest BCUT2D eigenvalue weighted by molar-refractivity contribution is 5.76. The molecule has 0 aliphatic heterocycles. The summed E-state index contributed by atoms with van der Waals surface area (Å²) in [5.74, 6) is 1.96. The Labute approximate surface area is 156 Å². The second-order valence-electron chi connectivity index (χ2n) is 6.08. The van der Waals surface area contributed by atoms with Gasteiger partial charge in [0.25, 0.3) is 0 Å². The lowest BCUT2D eigenvalue weighted by Crippen LogP contribution is -2.11. The molecule has 7 nitrogen and oxygen atoms in total. The Bertz CT molecular complexity index is 1030. The molecule has 0 saturated carbocycles. The van der Waals surface area contributed by atoms with Crippen molar-refractivity contribution in [3.05, 3.63) is 72.8 Å². The molecule has 0 spiro atoms. The van der Waals surface area contributed by atoms with Crippen LogP contribution >= 0.6 is 0 Å². The molecule has 4 rings (SSSR count). The van der Waals surface area contributed by atoms with Gasteiger partial charge in [-0.15, -0.1) is 0 Å². The average Bonchev–Trinajstić information content (AvgIpc) is 3.15. The molecule has 1 atom stereocenters. The van der Waals surface area contributed by atoms with Crippen LogP contribution in [0.15, 0.2) is 65.7 Å². The van der Waals surface area contributed by atoms with Crippen LogP contribution in [0.4, 0.5) is 5.95 Å². The Morgan fingerprint density at radius 2 is 1.89 bits per heavy atom. The number of furan rings is 1. The van der Waals surface area contributed by atoms with Crippen LogP contribution in [0.25, 0.3) is 22.7 Å². The van der Waals surface area contributed by atoms with Crippen molar-refractivity contribution < 1.29 is 4.42 Å². The predicted octanol–water partition coefficient (Wildman–Crippen LogP) is 4.07. The van der Waals surface area contributed by atoms with E-state index in [4.69, 9.17) is 4.42 Å². The largest absolute Gasteiger partial charge is 0.460 e. The molecule has 134 valence electrons. The third-order valence-corrected chi connectivity index (χ3v) is 4.08. The highest BCUT2D eigenvalue weighted by Crippen LogP contribution is 2.31. The average molecular weight is 358 g/mol. The van der Waals surface area contributed by atoms with Gasteiger partial charge in [0.15, 0.2) is 5.76 Å². The Morgan fingerprint density at radius 1 is 0.963 bits per heavy atom. The van der Waals surface area contributed by atoms with E-state index in [1.807, 2.05) is 44.2 Å². The molecule has 0 aliphatic carbocycles. The van der Waals surface area contributed by atoms with Gasteiger partial charge in [0, 0.05) is 30.4 Å². The van der Waals surface area contributed by atoms with Gasteiger partial charge in [0.05, 0.1) is 23.6 Å². The van der Waals surface area contributed by atoms with Gasteiger partial charge in [-0.3, -0.25) is 15.0 Å². The smallest absolute Gasteiger partial charge is 0.223 e. The Balaban J connectivity index is 1.73. The molecule has 27 heavy (non-hydrogen) atoms.